The Morgan fingerprint density at radius 2 is 2.19 bits per heavy atom. The lowest BCUT2D eigenvalue weighted by molar-refractivity contribution is 0.156. The summed E-state index contributed by atoms with van der Waals surface area (Å²) in [5.41, 5.74) is 2.36. The predicted octanol–water partition coefficient (Wildman–Crippen LogP) is 3.31. The minimum Gasteiger partial charge on any atom is -0.494 e. The molecule has 2 unspecified atom stereocenters. The van der Waals surface area contributed by atoms with Gasteiger partial charge >= 0.3 is 0 Å². The fourth-order valence-corrected chi connectivity index (χ4v) is 3.64. The molecule has 21 heavy (non-hydrogen) atoms. The number of aliphatic hydroxyl groups excluding tert-OH is 1. The van der Waals surface area contributed by atoms with Crippen LogP contribution in [0.1, 0.15) is 56.3 Å². The molecule has 3 heteroatoms. The Bertz CT molecular complexity index is 474. The maximum atomic E-state index is 9.97. The highest BCUT2D eigenvalue weighted by atomic mass is 16.5. The van der Waals surface area contributed by atoms with Crippen LogP contribution in [0.5, 0.6) is 5.75 Å². The van der Waals surface area contributed by atoms with Gasteiger partial charge in [0.15, 0.2) is 0 Å². The smallest absolute Gasteiger partial charge is 0.119 e. The van der Waals surface area contributed by atoms with E-state index in [1.54, 1.807) is 0 Å². The summed E-state index contributed by atoms with van der Waals surface area (Å²) in [5, 5.41) is 9.97. The van der Waals surface area contributed by atoms with Crippen LogP contribution in [-0.4, -0.2) is 35.7 Å². The third kappa shape index (κ3) is 3.58. The van der Waals surface area contributed by atoms with E-state index in [-0.39, 0.29) is 6.10 Å². The average molecular weight is 289 g/mol. The number of nitrogens with zero attached hydrogens (tertiary/aromatic N) is 1. The lowest BCUT2D eigenvalue weighted by Gasteiger charge is -2.22. The van der Waals surface area contributed by atoms with Gasteiger partial charge in [-0.05, 0) is 75.3 Å². The Morgan fingerprint density at radius 1 is 1.29 bits per heavy atom. The summed E-state index contributed by atoms with van der Waals surface area (Å²) in [6, 6.07) is 6.91. The van der Waals surface area contributed by atoms with E-state index in [9.17, 15) is 5.11 Å². The van der Waals surface area contributed by atoms with E-state index in [0.29, 0.717) is 0 Å². The molecular formula is C18H27NO2. The Morgan fingerprint density at radius 3 is 3.00 bits per heavy atom. The topological polar surface area (TPSA) is 32.7 Å². The molecular weight excluding hydrogens is 262 g/mol. The van der Waals surface area contributed by atoms with Gasteiger partial charge in [-0.25, -0.2) is 0 Å². The molecule has 1 aliphatic heterocycles. The molecule has 0 amide bonds. The second kappa shape index (κ2) is 6.80. The highest BCUT2D eigenvalue weighted by Crippen LogP contribution is 2.31. The van der Waals surface area contributed by atoms with Crippen molar-refractivity contribution in [2.45, 2.75) is 57.6 Å². The number of benzene rings is 1. The maximum Gasteiger partial charge on any atom is 0.119 e. The second-order valence-corrected chi connectivity index (χ2v) is 6.50. The van der Waals surface area contributed by atoms with Crippen molar-refractivity contribution in [3.8, 4) is 5.75 Å². The predicted molar refractivity (Wildman–Crippen MR) is 84.7 cm³/mol. The minimum absolute atomic E-state index is 0.278. The highest BCUT2D eigenvalue weighted by Gasteiger charge is 2.20. The number of hydrogen-bond acceptors (Lipinski definition) is 3. The number of fused-ring (bicyclic) bond motifs is 1. The standard InChI is InChI=1S/C18H27NO2/c1-14-5-3-10-19(14)11-4-12-21-16-8-9-17-15(13-16)6-2-7-18(17)20/h8-9,13-14,18,20H,2-7,10-12H2,1H3. The molecule has 0 radical (unpaired) electrons. The zero-order chi connectivity index (χ0) is 14.7. The van der Waals surface area contributed by atoms with Crippen molar-refractivity contribution in [2.24, 2.45) is 0 Å². The van der Waals surface area contributed by atoms with Crippen molar-refractivity contribution >= 4 is 0 Å². The number of ether oxygens (including phenoxy) is 1. The van der Waals surface area contributed by atoms with Crippen LogP contribution in [0.25, 0.3) is 0 Å². The van der Waals surface area contributed by atoms with Gasteiger partial charge < -0.3 is 14.7 Å². The third-order valence-electron chi connectivity index (χ3n) is 4.95. The molecule has 0 bridgehead atoms. The molecule has 1 N–H and O–H groups in total. The van der Waals surface area contributed by atoms with Crippen LogP contribution >= 0.6 is 0 Å². The molecule has 116 valence electrons. The minimum atomic E-state index is -0.278. The fraction of sp³-hybridized carbons (Fsp3) is 0.667. The van der Waals surface area contributed by atoms with E-state index >= 15 is 0 Å². The molecule has 3 rings (SSSR count). The number of likely N-dealkylation sites (tertiary alicyclic amines) is 1. The van der Waals surface area contributed by atoms with E-state index in [4.69, 9.17) is 4.74 Å². The van der Waals surface area contributed by atoms with Crippen molar-refractivity contribution in [3.63, 3.8) is 0 Å². The molecule has 1 aromatic rings. The van der Waals surface area contributed by atoms with E-state index in [1.165, 1.54) is 24.9 Å². The van der Waals surface area contributed by atoms with Gasteiger partial charge in [0.25, 0.3) is 0 Å². The van der Waals surface area contributed by atoms with E-state index in [0.717, 1.165) is 56.2 Å². The third-order valence-corrected chi connectivity index (χ3v) is 4.95. The maximum absolute atomic E-state index is 9.97. The average Bonchev–Trinajstić information content (AvgIpc) is 2.89. The quantitative estimate of drug-likeness (QED) is 0.844. The second-order valence-electron chi connectivity index (χ2n) is 6.50. The molecule has 1 fully saturated rings. The van der Waals surface area contributed by atoms with Gasteiger partial charge in [0.1, 0.15) is 5.75 Å². The van der Waals surface area contributed by atoms with Crippen LogP contribution < -0.4 is 4.74 Å². The Kier molecular flexibility index (Phi) is 4.81. The van der Waals surface area contributed by atoms with E-state index in [2.05, 4.69) is 17.9 Å². The first kappa shape index (κ1) is 14.9. The monoisotopic (exact) mass is 289 g/mol. The molecule has 0 spiro atoms. The normalized spacial score (nSPS) is 25.8. The van der Waals surface area contributed by atoms with E-state index in [1.807, 2.05) is 12.1 Å². The molecule has 1 aliphatic carbocycles. The summed E-state index contributed by atoms with van der Waals surface area (Å²) in [6.45, 7) is 5.50. The summed E-state index contributed by atoms with van der Waals surface area (Å²) in [6.07, 6.45) is 6.52. The van der Waals surface area contributed by atoms with Gasteiger partial charge in [-0.3, -0.25) is 0 Å². The molecule has 2 aliphatic rings. The largest absolute Gasteiger partial charge is 0.494 e. The van der Waals surface area contributed by atoms with Crippen molar-refractivity contribution in [3.05, 3.63) is 29.3 Å². The Labute approximate surface area is 127 Å². The first-order valence-electron chi connectivity index (χ1n) is 8.42. The van der Waals surface area contributed by atoms with Crippen LogP contribution in [0.3, 0.4) is 0 Å². The van der Waals surface area contributed by atoms with Gasteiger partial charge in [-0.15, -0.1) is 0 Å². The summed E-state index contributed by atoms with van der Waals surface area (Å²) in [7, 11) is 0. The number of aryl methyl sites for hydroxylation is 1. The first-order chi connectivity index (χ1) is 10.2. The van der Waals surface area contributed by atoms with Crippen LogP contribution in [-0.2, 0) is 6.42 Å². The molecule has 0 saturated carbocycles. The van der Waals surface area contributed by atoms with Gasteiger partial charge in [0, 0.05) is 12.6 Å². The molecule has 2 atom stereocenters. The van der Waals surface area contributed by atoms with Crippen molar-refractivity contribution in [2.75, 3.05) is 19.7 Å². The van der Waals surface area contributed by atoms with Crippen molar-refractivity contribution < 1.29 is 9.84 Å². The van der Waals surface area contributed by atoms with Crippen molar-refractivity contribution in [1.82, 2.24) is 4.90 Å². The van der Waals surface area contributed by atoms with Crippen LogP contribution in [0, 0.1) is 0 Å². The van der Waals surface area contributed by atoms with Crippen LogP contribution in [0.2, 0.25) is 0 Å². The van der Waals surface area contributed by atoms with Crippen LogP contribution in [0.15, 0.2) is 18.2 Å². The summed E-state index contributed by atoms with van der Waals surface area (Å²) >= 11 is 0. The first-order valence-corrected chi connectivity index (χ1v) is 8.42. The van der Waals surface area contributed by atoms with E-state index < -0.39 is 0 Å². The lowest BCUT2D eigenvalue weighted by Crippen LogP contribution is -2.28. The van der Waals surface area contributed by atoms with Gasteiger partial charge in [-0.1, -0.05) is 6.07 Å². The van der Waals surface area contributed by atoms with Crippen LogP contribution in [0.4, 0.5) is 0 Å². The number of aliphatic hydroxyl groups is 1. The zero-order valence-corrected chi connectivity index (χ0v) is 13.1. The molecule has 1 heterocycles. The molecule has 0 aromatic heterocycles. The molecule has 3 nitrogen and oxygen atoms in total. The fourth-order valence-electron chi connectivity index (χ4n) is 3.64. The SMILES string of the molecule is CC1CCCN1CCCOc1ccc2c(c1)CCCC2O. The van der Waals surface area contributed by atoms with Crippen molar-refractivity contribution in [1.29, 1.82) is 0 Å². The Hall–Kier alpha value is -1.06. The number of hydrogen-bond donors (Lipinski definition) is 1. The zero-order valence-electron chi connectivity index (χ0n) is 13.1. The van der Waals surface area contributed by atoms with Gasteiger partial charge in [0.05, 0.1) is 12.7 Å². The number of rotatable bonds is 5. The van der Waals surface area contributed by atoms with Gasteiger partial charge in [0.2, 0.25) is 0 Å². The summed E-state index contributed by atoms with van der Waals surface area (Å²) in [4.78, 5) is 2.56. The Balaban J connectivity index is 1.47. The van der Waals surface area contributed by atoms with Gasteiger partial charge in [-0.2, -0.15) is 0 Å². The molecule has 1 aromatic carbocycles. The summed E-state index contributed by atoms with van der Waals surface area (Å²) < 4.78 is 5.89. The highest BCUT2D eigenvalue weighted by molar-refractivity contribution is 5.38. The lowest BCUT2D eigenvalue weighted by atomic mass is 9.89. The summed E-state index contributed by atoms with van der Waals surface area (Å²) in [5.74, 6) is 0.956. The molecule has 1 saturated heterocycles.